The van der Waals surface area contributed by atoms with E-state index in [9.17, 15) is 0 Å². The van der Waals surface area contributed by atoms with Crippen molar-refractivity contribution in [3.8, 4) is 22.9 Å². The number of hydrogen-bond acceptors (Lipinski definition) is 6. The number of ether oxygens (including phenoxy) is 3. The van der Waals surface area contributed by atoms with E-state index in [0.717, 1.165) is 33.8 Å². The van der Waals surface area contributed by atoms with Crippen molar-refractivity contribution in [2.75, 3.05) is 26.6 Å². The Morgan fingerprint density at radius 1 is 0.920 bits per heavy atom. The summed E-state index contributed by atoms with van der Waals surface area (Å²) in [6.45, 7) is 0.532. The van der Waals surface area contributed by atoms with Gasteiger partial charge in [0.1, 0.15) is 12.1 Å². The standard InChI is InChI=1S/C18H19N3O3S/c1-22-15-8-4-3-7-14(15)21-13-19-20-18(21)25-12-11-24-17-10-6-5-9-16(17)23-2/h3-10,13H,11-12H2,1-2H3. The van der Waals surface area contributed by atoms with Crippen LogP contribution >= 0.6 is 11.8 Å². The van der Waals surface area contributed by atoms with Gasteiger partial charge in [-0.1, -0.05) is 36.0 Å². The number of benzene rings is 2. The third kappa shape index (κ3) is 4.06. The van der Waals surface area contributed by atoms with Gasteiger partial charge in [-0.2, -0.15) is 0 Å². The van der Waals surface area contributed by atoms with E-state index >= 15 is 0 Å². The van der Waals surface area contributed by atoms with Crippen molar-refractivity contribution in [1.82, 2.24) is 14.8 Å². The van der Waals surface area contributed by atoms with Gasteiger partial charge in [0.05, 0.1) is 26.5 Å². The fourth-order valence-corrected chi connectivity index (χ4v) is 3.08. The molecule has 0 saturated carbocycles. The summed E-state index contributed by atoms with van der Waals surface area (Å²) in [5.41, 5.74) is 0.906. The van der Waals surface area contributed by atoms with Gasteiger partial charge in [-0.15, -0.1) is 10.2 Å². The first-order chi connectivity index (χ1) is 12.3. The molecule has 6 nitrogen and oxygen atoms in total. The van der Waals surface area contributed by atoms with E-state index in [-0.39, 0.29) is 0 Å². The Bertz CT molecular complexity index is 823. The SMILES string of the molecule is COc1ccccc1OCCSc1nncn1-c1ccccc1OC. The molecule has 0 N–H and O–H groups in total. The summed E-state index contributed by atoms with van der Waals surface area (Å²) in [6, 6.07) is 15.4. The van der Waals surface area contributed by atoms with Gasteiger partial charge in [0, 0.05) is 5.75 Å². The molecule has 130 valence electrons. The zero-order valence-corrected chi connectivity index (χ0v) is 14.9. The minimum Gasteiger partial charge on any atom is -0.495 e. The van der Waals surface area contributed by atoms with Crippen molar-refractivity contribution >= 4 is 11.8 Å². The van der Waals surface area contributed by atoms with Crippen molar-refractivity contribution < 1.29 is 14.2 Å². The predicted octanol–water partition coefficient (Wildman–Crippen LogP) is 3.46. The molecule has 3 rings (SSSR count). The summed E-state index contributed by atoms with van der Waals surface area (Å²) in [5.74, 6) is 2.96. The van der Waals surface area contributed by atoms with Crippen LogP contribution in [0.1, 0.15) is 0 Å². The van der Waals surface area contributed by atoms with Crippen molar-refractivity contribution in [1.29, 1.82) is 0 Å². The lowest BCUT2D eigenvalue weighted by atomic mass is 10.3. The molecule has 0 aliphatic rings. The van der Waals surface area contributed by atoms with Gasteiger partial charge < -0.3 is 14.2 Å². The maximum atomic E-state index is 5.79. The Balaban J connectivity index is 1.63. The first-order valence-corrected chi connectivity index (χ1v) is 8.74. The normalized spacial score (nSPS) is 10.5. The lowest BCUT2D eigenvalue weighted by molar-refractivity contribution is 0.313. The first-order valence-electron chi connectivity index (χ1n) is 7.75. The largest absolute Gasteiger partial charge is 0.495 e. The molecule has 0 fully saturated rings. The zero-order chi connectivity index (χ0) is 17.5. The molecule has 3 aromatic rings. The Morgan fingerprint density at radius 2 is 1.60 bits per heavy atom. The van der Waals surface area contributed by atoms with Crippen LogP contribution in [0.25, 0.3) is 5.69 Å². The highest BCUT2D eigenvalue weighted by atomic mass is 32.2. The van der Waals surface area contributed by atoms with Crippen LogP contribution in [-0.2, 0) is 0 Å². The molecule has 1 heterocycles. The molecular weight excluding hydrogens is 338 g/mol. The van der Waals surface area contributed by atoms with E-state index in [4.69, 9.17) is 14.2 Å². The number of methoxy groups -OCH3 is 2. The molecule has 1 aromatic heterocycles. The Kier molecular flexibility index (Phi) is 5.79. The summed E-state index contributed by atoms with van der Waals surface area (Å²) >= 11 is 1.57. The number of rotatable bonds is 8. The number of nitrogens with zero attached hydrogens (tertiary/aromatic N) is 3. The van der Waals surface area contributed by atoms with Gasteiger partial charge >= 0.3 is 0 Å². The second kappa shape index (κ2) is 8.43. The molecule has 0 atom stereocenters. The predicted molar refractivity (Wildman–Crippen MR) is 97.1 cm³/mol. The maximum absolute atomic E-state index is 5.79. The summed E-state index contributed by atoms with van der Waals surface area (Å²) in [4.78, 5) is 0. The molecule has 0 unspecified atom stereocenters. The molecule has 0 radical (unpaired) electrons. The van der Waals surface area contributed by atoms with E-state index in [1.807, 2.05) is 53.1 Å². The number of hydrogen-bond donors (Lipinski definition) is 0. The van der Waals surface area contributed by atoms with Gasteiger partial charge in [0.2, 0.25) is 0 Å². The molecule has 0 aliphatic carbocycles. The fourth-order valence-electron chi connectivity index (χ4n) is 2.34. The van der Waals surface area contributed by atoms with E-state index in [2.05, 4.69) is 10.2 Å². The van der Waals surface area contributed by atoms with Gasteiger partial charge in [-0.25, -0.2) is 0 Å². The lowest BCUT2D eigenvalue weighted by Crippen LogP contribution is -2.04. The van der Waals surface area contributed by atoms with Crippen molar-refractivity contribution in [2.45, 2.75) is 5.16 Å². The Morgan fingerprint density at radius 3 is 2.36 bits per heavy atom. The van der Waals surface area contributed by atoms with Crippen LogP contribution < -0.4 is 14.2 Å². The van der Waals surface area contributed by atoms with Gasteiger partial charge in [0.25, 0.3) is 0 Å². The van der Waals surface area contributed by atoms with E-state index in [0.29, 0.717) is 6.61 Å². The summed E-state index contributed by atoms with van der Waals surface area (Å²) in [6.07, 6.45) is 1.68. The minimum atomic E-state index is 0.532. The minimum absolute atomic E-state index is 0.532. The van der Waals surface area contributed by atoms with Crippen LogP contribution in [0.5, 0.6) is 17.2 Å². The van der Waals surface area contributed by atoms with Crippen LogP contribution in [0, 0.1) is 0 Å². The number of thioether (sulfide) groups is 1. The molecule has 7 heteroatoms. The molecule has 0 aliphatic heterocycles. The molecule has 0 bridgehead atoms. The van der Waals surface area contributed by atoms with Gasteiger partial charge in [-0.05, 0) is 24.3 Å². The summed E-state index contributed by atoms with van der Waals surface area (Å²) < 4.78 is 18.4. The zero-order valence-electron chi connectivity index (χ0n) is 14.1. The van der Waals surface area contributed by atoms with Crippen molar-refractivity contribution in [2.24, 2.45) is 0 Å². The van der Waals surface area contributed by atoms with Crippen molar-refractivity contribution in [3.05, 3.63) is 54.9 Å². The van der Waals surface area contributed by atoms with Gasteiger partial charge in [-0.3, -0.25) is 4.57 Å². The number of para-hydroxylation sites is 4. The van der Waals surface area contributed by atoms with Crippen LogP contribution in [0.2, 0.25) is 0 Å². The fraction of sp³-hybridized carbons (Fsp3) is 0.222. The smallest absolute Gasteiger partial charge is 0.195 e. The van der Waals surface area contributed by atoms with Crippen molar-refractivity contribution in [3.63, 3.8) is 0 Å². The monoisotopic (exact) mass is 357 g/mol. The topological polar surface area (TPSA) is 58.4 Å². The summed E-state index contributed by atoms with van der Waals surface area (Å²) in [7, 11) is 3.28. The maximum Gasteiger partial charge on any atom is 0.195 e. The van der Waals surface area contributed by atoms with E-state index in [1.54, 1.807) is 32.3 Å². The average Bonchev–Trinajstić information content (AvgIpc) is 3.13. The average molecular weight is 357 g/mol. The molecule has 25 heavy (non-hydrogen) atoms. The highest BCUT2D eigenvalue weighted by Gasteiger charge is 2.11. The highest BCUT2D eigenvalue weighted by Crippen LogP contribution is 2.28. The quantitative estimate of drug-likeness (QED) is 0.455. The van der Waals surface area contributed by atoms with Crippen LogP contribution in [-0.4, -0.2) is 41.3 Å². The molecule has 0 saturated heterocycles. The highest BCUT2D eigenvalue weighted by molar-refractivity contribution is 7.99. The summed E-state index contributed by atoms with van der Waals surface area (Å²) in [5, 5.41) is 8.99. The Hall–Kier alpha value is -2.67. The van der Waals surface area contributed by atoms with E-state index in [1.165, 1.54) is 0 Å². The van der Waals surface area contributed by atoms with Crippen LogP contribution in [0.4, 0.5) is 0 Å². The van der Waals surface area contributed by atoms with E-state index < -0.39 is 0 Å². The second-order valence-corrected chi connectivity index (χ2v) is 6.07. The second-order valence-electron chi connectivity index (χ2n) is 5.00. The van der Waals surface area contributed by atoms with Crippen LogP contribution in [0.15, 0.2) is 60.0 Å². The molecule has 0 amide bonds. The third-order valence-electron chi connectivity index (χ3n) is 3.50. The van der Waals surface area contributed by atoms with Crippen LogP contribution in [0.3, 0.4) is 0 Å². The van der Waals surface area contributed by atoms with Gasteiger partial charge in [0.15, 0.2) is 16.7 Å². The lowest BCUT2D eigenvalue weighted by Gasteiger charge is -2.11. The molecule has 0 spiro atoms. The Labute approximate surface area is 150 Å². The molecular formula is C18H19N3O3S. The molecule has 2 aromatic carbocycles. The number of aromatic nitrogens is 3. The third-order valence-corrected chi connectivity index (χ3v) is 4.41. The first kappa shape index (κ1) is 17.2.